The Morgan fingerprint density at radius 1 is 1.55 bits per heavy atom. The fourth-order valence-electron chi connectivity index (χ4n) is 2.59. The molecule has 6 heteroatoms. The predicted molar refractivity (Wildman–Crippen MR) is 76.8 cm³/mol. The van der Waals surface area contributed by atoms with Gasteiger partial charge in [0.05, 0.1) is 5.69 Å². The van der Waals surface area contributed by atoms with Gasteiger partial charge in [-0.15, -0.1) is 0 Å². The molecule has 1 aliphatic heterocycles. The molecule has 6 nitrogen and oxygen atoms in total. The van der Waals surface area contributed by atoms with Crippen molar-refractivity contribution in [3.05, 3.63) is 11.4 Å². The van der Waals surface area contributed by atoms with Gasteiger partial charge in [-0.2, -0.15) is 5.10 Å². The highest BCUT2D eigenvalue weighted by atomic mass is 16.5. The molecule has 20 heavy (non-hydrogen) atoms. The number of nitrogens with zero attached hydrogens (tertiary/aromatic N) is 2. The Labute approximate surface area is 119 Å². The molecule has 112 valence electrons. The molecule has 1 aromatic heterocycles. The predicted octanol–water partition coefficient (Wildman–Crippen LogP) is 0.672. The smallest absolute Gasteiger partial charge is 0.258 e. The van der Waals surface area contributed by atoms with Crippen LogP contribution in [0.1, 0.15) is 31.2 Å². The van der Waals surface area contributed by atoms with Gasteiger partial charge in [0.15, 0.2) is 12.4 Å². The van der Waals surface area contributed by atoms with Crippen LogP contribution < -0.4 is 15.4 Å². The monoisotopic (exact) mass is 280 g/mol. The molecule has 0 spiro atoms. The van der Waals surface area contributed by atoms with E-state index < -0.39 is 0 Å². The van der Waals surface area contributed by atoms with Gasteiger partial charge in [0.25, 0.3) is 5.91 Å². The van der Waals surface area contributed by atoms with Crippen LogP contribution in [0.3, 0.4) is 0 Å². The van der Waals surface area contributed by atoms with Gasteiger partial charge in [-0.25, -0.2) is 0 Å². The number of rotatable bonds is 4. The van der Waals surface area contributed by atoms with Gasteiger partial charge >= 0.3 is 0 Å². The third kappa shape index (κ3) is 3.30. The quantitative estimate of drug-likeness (QED) is 0.851. The Morgan fingerprint density at radius 3 is 2.90 bits per heavy atom. The first-order valence-corrected chi connectivity index (χ1v) is 7.14. The fraction of sp³-hybridized carbons (Fsp3) is 0.714. The van der Waals surface area contributed by atoms with Crippen LogP contribution >= 0.6 is 0 Å². The molecule has 2 rings (SSSR count). The van der Waals surface area contributed by atoms with E-state index in [1.165, 1.54) is 0 Å². The Hall–Kier alpha value is -1.56. The van der Waals surface area contributed by atoms with Gasteiger partial charge in [-0.05, 0) is 40.2 Å². The number of piperidine rings is 1. The molecule has 2 N–H and O–H groups in total. The maximum Gasteiger partial charge on any atom is 0.258 e. The summed E-state index contributed by atoms with van der Waals surface area (Å²) in [5.41, 5.74) is 1.74. The zero-order valence-electron chi connectivity index (χ0n) is 12.7. The maximum absolute atomic E-state index is 12.0. The van der Waals surface area contributed by atoms with E-state index in [2.05, 4.69) is 22.7 Å². The molecule has 1 saturated heterocycles. The van der Waals surface area contributed by atoms with Crippen molar-refractivity contribution in [1.29, 1.82) is 0 Å². The highest BCUT2D eigenvalue weighted by molar-refractivity contribution is 5.78. The number of ether oxygens (including phenoxy) is 1. The van der Waals surface area contributed by atoms with Crippen LogP contribution in [0.25, 0.3) is 0 Å². The molecule has 2 unspecified atom stereocenters. The Kier molecular flexibility index (Phi) is 4.65. The molecule has 0 bridgehead atoms. The molecule has 0 aromatic carbocycles. The summed E-state index contributed by atoms with van der Waals surface area (Å²) in [7, 11) is 1.87. The van der Waals surface area contributed by atoms with Crippen molar-refractivity contribution < 1.29 is 9.53 Å². The van der Waals surface area contributed by atoms with Crippen LogP contribution in [0.4, 0.5) is 0 Å². The lowest BCUT2D eigenvalue weighted by atomic mass is 10.00. The van der Waals surface area contributed by atoms with Gasteiger partial charge < -0.3 is 15.4 Å². The first kappa shape index (κ1) is 14.8. The van der Waals surface area contributed by atoms with Crippen molar-refractivity contribution in [1.82, 2.24) is 20.4 Å². The van der Waals surface area contributed by atoms with Gasteiger partial charge in [0.2, 0.25) is 0 Å². The van der Waals surface area contributed by atoms with Crippen LogP contribution in [0.2, 0.25) is 0 Å². The van der Waals surface area contributed by atoms with E-state index >= 15 is 0 Å². The van der Waals surface area contributed by atoms with E-state index in [0.717, 1.165) is 30.8 Å². The van der Waals surface area contributed by atoms with Crippen molar-refractivity contribution in [2.75, 3.05) is 13.2 Å². The number of carbonyl (C=O) groups is 1. The first-order valence-electron chi connectivity index (χ1n) is 7.14. The summed E-state index contributed by atoms with van der Waals surface area (Å²) in [6.45, 7) is 6.98. The molecule has 0 aliphatic carbocycles. The van der Waals surface area contributed by atoms with Crippen molar-refractivity contribution in [2.45, 2.75) is 45.7 Å². The van der Waals surface area contributed by atoms with E-state index in [-0.39, 0.29) is 18.6 Å². The lowest BCUT2D eigenvalue weighted by Gasteiger charge is -2.30. The van der Waals surface area contributed by atoms with E-state index in [1.807, 2.05) is 20.9 Å². The van der Waals surface area contributed by atoms with Crippen LogP contribution in [-0.4, -0.2) is 40.9 Å². The Bertz CT molecular complexity index is 484. The standard InChI is InChI=1S/C14H24N4O2/c1-9-12(6-5-7-15-9)16-13(19)8-20-14-10(2)17-18(4)11(14)3/h9,12,15H,5-8H2,1-4H3,(H,16,19). The zero-order valence-corrected chi connectivity index (χ0v) is 12.7. The van der Waals surface area contributed by atoms with Crippen molar-refractivity contribution in [2.24, 2.45) is 7.05 Å². The summed E-state index contributed by atoms with van der Waals surface area (Å²) >= 11 is 0. The van der Waals surface area contributed by atoms with E-state index in [0.29, 0.717) is 11.8 Å². The molecule has 0 saturated carbocycles. The normalized spacial score (nSPS) is 22.6. The van der Waals surface area contributed by atoms with Gasteiger partial charge in [0, 0.05) is 19.1 Å². The molecular formula is C14H24N4O2. The number of amides is 1. The summed E-state index contributed by atoms with van der Waals surface area (Å²) in [6, 6.07) is 0.505. The largest absolute Gasteiger partial charge is 0.480 e. The molecule has 1 fully saturated rings. The minimum atomic E-state index is -0.0757. The first-order chi connectivity index (χ1) is 9.49. The summed E-state index contributed by atoms with van der Waals surface area (Å²) in [4.78, 5) is 12.0. The average Bonchev–Trinajstić information content (AvgIpc) is 2.64. The number of aromatic nitrogens is 2. The lowest BCUT2D eigenvalue weighted by Crippen LogP contribution is -2.52. The number of carbonyl (C=O) groups excluding carboxylic acids is 1. The second-order valence-corrected chi connectivity index (χ2v) is 5.47. The number of nitrogens with one attached hydrogen (secondary N) is 2. The lowest BCUT2D eigenvalue weighted by molar-refractivity contribution is -0.124. The summed E-state index contributed by atoms with van der Waals surface area (Å²) < 4.78 is 7.37. The van der Waals surface area contributed by atoms with Crippen LogP contribution in [0.15, 0.2) is 0 Å². The van der Waals surface area contributed by atoms with Crippen LogP contribution in [-0.2, 0) is 11.8 Å². The summed E-state index contributed by atoms with van der Waals surface area (Å²) in [5.74, 6) is 0.630. The second kappa shape index (κ2) is 6.26. The Balaban J connectivity index is 1.86. The number of aryl methyl sites for hydroxylation is 2. The molecule has 2 atom stereocenters. The minimum Gasteiger partial charge on any atom is -0.480 e. The van der Waals surface area contributed by atoms with Gasteiger partial charge in [-0.1, -0.05) is 0 Å². The number of hydrogen-bond acceptors (Lipinski definition) is 4. The number of hydrogen-bond donors (Lipinski definition) is 2. The molecular weight excluding hydrogens is 256 g/mol. The van der Waals surface area contributed by atoms with Gasteiger partial charge in [-0.3, -0.25) is 9.48 Å². The maximum atomic E-state index is 12.0. The van der Waals surface area contributed by atoms with Crippen LogP contribution in [0.5, 0.6) is 5.75 Å². The topological polar surface area (TPSA) is 68.2 Å². The zero-order chi connectivity index (χ0) is 14.7. The average molecular weight is 280 g/mol. The molecule has 1 aromatic rings. The van der Waals surface area contributed by atoms with E-state index in [4.69, 9.17) is 4.74 Å². The molecule has 2 heterocycles. The fourth-order valence-corrected chi connectivity index (χ4v) is 2.59. The minimum absolute atomic E-state index is 0.0383. The third-order valence-electron chi connectivity index (χ3n) is 3.90. The highest BCUT2D eigenvalue weighted by Gasteiger charge is 2.22. The third-order valence-corrected chi connectivity index (χ3v) is 3.90. The van der Waals surface area contributed by atoms with Crippen molar-refractivity contribution in [3.8, 4) is 5.75 Å². The van der Waals surface area contributed by atoms with E-state index in [1.54, 1.807) is 4.68 Å². The molecule has 0 radical (unpaired) electrons. The summed E-state index contributed by atoms with van der Waals surface area (Å²) in [6.07, 6.45) is 2.11. The molecule has 1 amide bonds. The van der Waals surface area contributed by atoms with Gasteiger partial charge in [0.1, 0.15) is 5.69 Å². The Morgan fingerprint density at radius 2 is 2.30 bits per heavy atom. The molecule has 1 aliphatic rings. The van der Waals surface area contributed by atoms with Crippen molar-refractivity contribution >= 4 is 5.91 Å². The second-order valence-electron chi connectivity index (χ2n) is 5.47. The van der Waals surface area contributed by atoms with Crippen LogP contribution in [0, 0.1) is 13.8 Å². The SMILES string of the molecule is Cc1nn(C)c(C)c1OCC(=O)NC1CCCNC1C. The van der Waals surface area contributed by atoms with Crippen molar-refractivity contribution in [3.63, 3.8) is 0 Å². The van der Waals surface area contributed by atoms with E-state index in [9.17, 15) is 4.79 Å². The highest BCUT2D eigenvalue weighted by Crippen LogP contribution is 2.21. The summed E-state index contributed by atoms with van der Waals surface area (Å²) in [5, 5.41) is 10.7.